The molecule has 31 heavy (non-hydrogen) atoms. The molecular formula is C21H21N3O6S. The molecule has 0 saturated carbocycles. The maximum Gasteiger partial charge on any atom is 0.357 e. The van der Waals surface area contributed by atoms with Gasteiger partial charge >= 0.3 is 5.97 Å². The highest BCUT2D eigenvalue weighted by molar-refractivity contribution is 7.85. The van der Waals surface area contributed by atoms with E-state index in [0.717, 1.165) is 35.9 Å². The van der Waals surface area contributed by atoms with E-state index in [9.17, 15) is 23.1 Å². The van der Waals surface area contributed by atoms with E-state index in [1.807, 2.05) is 26.0 Å². The minimum atomic E-state index is -4.39. The van der Waals surface area contributed by atoms with Gasteiger partial charge in [0, 0.05) is 18.8 Å². The summed E-state index contributed by atoms with van der Waals surface area (Å²) < 4.78 is 31.5. The Hall–Kier alpha value is -3.50. The Morgan fingerprint density at radius 1 is 1.06 bits per heavy atom. The third-order valence-electron chi connectivity index (χ3n) is 4.79. The van der Waals surface area contributed by atoms with Crippen molar-refractivity contribution in [1.29, 1.82) is 0 Å². The molecule has 0 fully saturated rings. The Kier molecular flexibility index (Phi) is 6.23. The van der Waals surface area contributed by atoms with Crippen LogP contribution in [-0.2, 0) is 19.7 Å². The lowest BCUT2D eigenvalue weighted by molar-refractivity contribution is -0.129. The molecular weight excluding hydrogens is 422 g/mol. The second-order valence-corrected chi connectivity index (χ2v) is 8.08. The average Bonchev–Trinajstić information content (AvgIpc) is 3.06. The molecule has 2 aromatic carbocycles. The van der Waals surface area contributed by atoms with Crippen LogP contribution >= 0.6 is 0 Å². The quantitative estimate of drug-likeness (QED) is 0.497. The summed E-state index contributed by atoms with van der Waals surface area (Å²) in [6, 6.07) is 12.1. The lowest BCUT2D eigenvalue weighted by Crippen LogP contribution is -2.22. The summed E-state index contributed by atoms with van der Waals surface area (Å²) in [6.07, 6.45) is 1.45. The third kappa shape index (κ3) is 4.65. The Morgan fingerprint density at radius 3 is 2.13 bits per heavy atom. The molecule has 1 aliphatic heterocycles. The predicted molar refractivity (Wildman–Crippen MR) is 117 cm³/mol. The van der Waals surface area contributed by atoms with Crippen LogP contribution in [-0.4, -0.2) is 48.8 Å². The number of benzene rings is 2. The zero-order valence-corrected chi connectivity index (χ0v) is 17.7. The molecule has 0 atom stereocenters. The van der Waals surface area contributed by atoms with Crippen LogP contribution in [0.25, 0.3) is 6.08 Å². The largest absolute Gasteiger partial charge is 0.476 e. The lowest BCUT2D eigenvalue weighted by Gasteiger charge is -2.20. The first-order valence-electron chi connectivity index (χ1n) is 9.46. The summed E-state index contributed by atoms with van der Waals surface area (Å²) in [5.41, 5.74) is 1.30. The van der Waals surface area contributed by atoms with Gasteiger partial charge in [-0.1, -0.05) is 12.1 Å². The molecule has 0 radical (unpaired) electrons. The SMILES string of the molecule is CCN(CC)c1ccc(/C=C2\C(=O)N(c3ccc(S(=O)(=O)O)cc3)N=C2C(=O)O)cc1. The number of carbonyl (C=O) groups is 2. The third-order valence-corrected chi connectivity index (χ3v) is 5.66. The van der Waals surface area contributed by atoms with Gasteiger partial charge in [0.1, 0.15) is 0 Å². The number of aliphatic carboxylic acids is 1. The Morgan fingerprint density at radius 2 is 1.65 bits per heavy atom. The van der Waals surface area contributed by atoms with E-state index >= 15 is 0 Å². The summed E-state index contributed by atoms with van der Waals surface area (Å²) >= 11 is 0. The van der Waals surface area contributed by atoms with Gasteiger partial charge in [-0.15, -0.1) is 0 Å². The summed E-state index contributed by atoms with van der Waals surface area (Å²) in [6.45, 7) is 5.78. The molecule has 9 nitrogen and oxygen atoms in total. The number of hydrazone groups is 1. The van der Waals surface area contributed by atoms with Crippen molar-refractivity contribution in [3.05, 3.63) is 59.7 Å². The van der Waals surface area contributed by atoms with Gasteiger partial charge < -0.3 is 10.0 Å². The molecule has 0 unspecified atom stereocenters. The number of nitrogens with zero attached hydrogens (tertiary/aromatic N) is 3. The van der Waals surface area contributed by atoms with Gasteiger partial charge in [-0.25, -0.2) is 4.79 Å². The van der Waals surface area contributed by atoms with E-state index in [0.29, 0.717) is 5.56 Å². The number of anilines is 2. The van der Waals surface area contributed by atoms with E-state index in [-0.39, 0.29) is 16.2 Å². The molecule has 0 bridgehead atoms. The second-order valence-electron chi connectivity index (χ2n) is 6.66. The van der Waals surface area contributed by atoms with Crippen LogP contribution in [0.15, 0.2) is 64.1 Å². The van der Waals surface area contributed by atoms with Crippen LogP contribution in [0.1, 0.15) is 19.4 Å². The highest BCUT2D eigenvalue weighted by Crippen LogP contribution is 2.27. The molecule has 0 spiro atoms. The molecule has 1 amide bonds. The van der Waals surface area contributed by atoms with Gasteiger partial charge in [0.2, 0.25) is 0 Å². The lowest BCUT2D eigenvalue weighted by atomic mass is 10.1. The summed E-state index contributed by atoms with van der Waals surface area (Å²) in [5, 5.41) is 14.3. The normalized spacial score (nSPS) is 15.3. The molecule has 0 saturated heterocycles. The first-order chi connectivity index (χ1) is 14.7. The van der Waals surface area contributed by atoms with Gasteiger partial charge in [-0.3, -0.25) is 9.35 Å². The monoisotopic (exact) mass is 443 g/mol. The minimum absolute atomic E-state index is 0.0954. The number of hydrogen-bond donors (Lipinski definition) is 2. The minimum Gasteiger partial charge on any atom is -0.476 e. The number of hydrogen-bond acceptors (Lipinski definition) is 6. The molecule has 0 aliphatic carbocycles. The van der Waals surface area contributed by atoms with Crippen molar-refractivity contribution in [3.63, 3.8) is 0 Å². The van der Waals surface area contributed by atoms with Crippen LogP contribution in [0.5, 0.6) is 0 Å². The van der Waals surface area contributed by atoms with E-state index in [1.54, 1.807) is 12.1 Å². The van der Waals surface area contributed by atoms with Crippen molar-refractivity contribution >= 4 is 45.2 Å². The van der Waals surface area contributed by atoms with Gasteiger partial charge in [-0.05, 0) is 61.9 Å². The number of rotatable bonds is 7. The number of carboxylic acids is 1. The number of amides is 1. The van der Waals surface area contributed by atoms with Crippen molar-refractivity contribution in [2.24, 2.45) is 5.10 Å². The topological polar surface area (TPSA) is 128 Å². The zero-order valence-electron chi connectivity index (χ0n) is 16.9. The fraction of sp³-hybridized carbons (Fsp3) is 0.190. The first-order valence-corrected chi connectivity index (χ1v) is 10.9. The molecule has 10 heteroatoms. The Bertz CT molecular complexity index is 1160. The zero-order chi connectivity index (χ0) is 22.8. The predicted octanol–water partition coefficient (Wildman–Crippen LogP) is 2.65. The van der Waals surface area contributed by atoms with Crippen molar-refractivity contribution in [2.45, 2.75) is 18.7 Å². The molecule has 1 aliphatic rings. The van der Waals surface area contributed by atoms with Crippen LogP contribution in [0, 0.1) is 0 Å². The smallest absolute Gasteiger partial charge is 0.357 e. The fourth-order valence-corrected chi connectivity index (χ4v) is 3.65. The van der Waals surface area contributed by atoms with Crippen molar-refractivity contribution in [2.75, 3.05) is 23.0 Å². The van der Waals surface area contributed by atoms with Crippen LogP contribution in [0.2, 0.25) is 0 Å². The maximum absolute atomic E-state index is 12.9. The van der Waals surface area contributed by atoms with E-state index < -0.39 is 27.7 Å². The Labute approximate surface area is 179 Å². The maximum atomic E-state index is 12.9. The van der Waals surface area contributed by atoms with Crippen molar-refractivity contribution in [3.8, 4) is 0 Å². The molecule has 2 aromatic rings. The van der Waals surface area contributed by atoms with Crippen LogP contribution < -0.4 is 9.91 Å². The molecule has 162 valence electrons. The summed E-state index contributed by atoms with van der Waals surface area (Å²) in [5.74, 6) is -2.03. The van der Waals surface area contributed by atoms with Gasteiger partial charge in [-0.2, -0.15) is 18.5 Å². The number of carboxylic acid groups (broad SMARTS) is 1. The molecule has 0 aromatic heterocycles. The van der Waals surface area contributed by atoms with Gasteiger partial charge in [0.15, 0.2) is 5.71 Å². The Balaban J connectivity index is 1.94. The van der Waals surface area contributed by atoms with Crippen LogP contribution in [0.4, 0.5) is 11.4 Å². The van der Waals surface area contributed by atoms with Crippen LogP contribution in [0.3, 0.4) is 0 Å². The summed E-state index contributed by atoms with van der Waals surface area (Å²) in [7, 11) is -4.39. The number of carbonyl (C=O) groups excluding carboxylic acids is 1. The second kappa shape index (κ2) is 8.70. The van der Waals surface area contributed by atoms with Gasteiger partial charge in [0.25, 0.3) is 16.0 Å². The molecule has 2 N–H and O–H groups in total. The van der Waals surface area contributed by atoms with Gasteiger partial charge in [0.05, 0.1) is 16.2 Å². The molecule has 1 heterocycles. The highest BCUT2D eigenvalue weighted by atomic mass is 32.2. The van der Waals surface area contributed by atoms with E-state index in [1.165, 1.54) is 18.2 Å². The fourth-order valence-electron chi connectivity index (χ4n) is 3.17. The van der Waals surface area contributed by atoms with Crippen molar-refractivity contribution < 1.29 is 27.7 Å². The van der Waals surface area contributed by atoms with Crippen molar-refractivity contribution in [1.82, 2.24) is 0 Å². The van der Waals surface area contributed by atoms with E-state index in [4.69, 9.17) is 4.55 Å². The standard InChI is InChI=1S/C21H21N3O6S/c1-3-23(4-2)15-7-5-14(6-8-15)13-18-19(21(26)27)22-24(20(18)25)16-9-11-17(12-10-16)31(28,29)30/h5-13H,3-4H2,1-2H3,(H,26,27)(H,28,29,30)/b18-13-. The molecule has 3 rings (SSSR count). The van der Waals surface area contributed by atoms with E-state index in [2.05, 4.69) is 10.0 Å². The average molecular weight is 443 g/mol. The first kappa shape index (κ1) is 22.2. The highest BCUT2D eigenvalue weighted by Gasteiger charge is 2.35. The summed E-state index contributed by atoms with van der Waals surface area (Å²) in [4.78, 5) is 26.3.